The van der Waals surface area contributed by atoms with Crippen LogP contribution in [-0.4, -0.2) is 19.9 Å². The van der Waals surface area contributed by atoms with Gasteiger partial charge in [-0.2, -0.15) is 5.10 Å². The highest BCUT2D eigenvalue weighted by molar-refractivity contribution is 5.24. The van der Waals surface area contributed by atoms with Gasteiger partial charge in [0, 0.05) is 5.92 Å². The Morgan fingerprint density at radius 2 is 2.12 bits per heavy atom. The fourth-order valence-corrected chi connectivity index (χ4v) is 2.51. The van der Waals surface area contributed by atoms with Crippen LogP contribution in [0.5, 0.6) is 0 Å². The molecule has 0 amide bonds. The van der Waals surface area contributed by atoms with Crippen molar-refractivity contribution in [3.05, 3.63) is 47.5 Å². The zero-order valence-corrected chi connectivity index (χ0v) is 9.74. The largest absolute Gasteiger partial charge is 0.388 e. The molecule has 1 aliphatic heterocycles. The smallest absolute Gasteiger partial charge is 0.176 e. The topological polar surface area (TPSA) is 50.9 Å². The molecule has 1 N–H and O–H groups in total. The summed E-state index contributed by atoms with van der Waals surface area (Å²) in [4.78, 5) is 4.37. The summed E-state index contributed by atoms with van der Waals surface area (Å²) < 4.78 is 1.96. The van der Waals surface area contributed by atoms with Crippen LogP contribution in [0.2, 0.25) is 0 Å². The lowest BCUT2D eigenvalue weighted by molar-refractivity contribution is 0.269. The van der Waals surface area contributed by atoms with Gasteiger partial charge in [0.1, 0.15) is 12.4 Å². The van der Waals surface area contributed by atoms with Crippen LogP contribution in [0.25, 0.3) is 0 Å². The molecule has 0 bridgehead atoms. The van der Waals surface area contributed by atoms with E-state index >= 15 is 0 Å². The molecule has 0 saturated heterocycles. The Hall–Kier alpha value is -1.68. The predicted octanol–water partition coefficient (Wildman–Crippen LogP) is 1.87. The summed E-state index contributed by atoms with van der Waals surface area (Å²) in [5.41, 5.74) is 1.26. The maximum atomic E-state index is 9.10. The molecule has 2 atom stereocenters. The van der Waals surface area contributed by atoms with Gasteiger partial charge in [0.15, 0.2) is 5.82 Å². The standard InChI is InChI=1S/C13H15N3O/c1-9-7-11(10-5-3-2-4-6-10)16-13(9)14-12(8-17)15-16/h2-6,9,11,17H,7-8H2,1H3/t9-,11-/m0/s1. The van der Waals surface area contributed by atoms with Crippen molar-refractivity contribution in [1.29, 1.82) is 0 Å². The number of aliphatic hydroxyl groups excluding tert-OH is 1. The second kappa shape index (κ2) is 3.96. The van der Waals surface area contributed by atoms with Crippen molar-refractivity contribution in [1.82, 2.24) is 14.8 Å². The molecule has 0 fully saturated rings. The van der Waals surface area contributed by atoms with Crippen molar-refractivity contribution in [3.8, 4) is 0 Å². The molecule has 1 aromatic heterocycles. The lowest BCUT2D eigenvalue weighted by atomic mass is 10.0. The van der Waals surface area contributed by atoms with Crippen LogP contribution in [0.15, 0.2) is 30.3 Å². The third-order valence-electron chi connectivity index (χ3n) is 3.34. The van der Waals surface area contributed by atoms with Gasteiger partial charge in [0.25, 0.3) is 0 Å². The molecule has 88 valence electrons. The van der Waals surface area contributed by atoms with E-state index in [1.807, 2.05) is 22.9 Å². The van der Waals surface area contributed by atoms with Gasteiger partial charge in [-0.15, -0.1) is 0 Å². The van der Waals surface area contributed by atoms with Gasteiger partial charge in [-0.3, -0.25) is 0 Å². The molecule has 0 saturated carbocycles. The first kappa shape index (κ1) is 10.5. The summed E-state index contributed by atoms with van der Waals surface area (Å²) in [6, 6.07) is 10.6. The third kappa shape index (κ3) is 1.65. The van der Waals surface area contributed by atoms with Gasteiger partial charge >= 0.3 is 0 Å². The number of hydrogen-bond donors (Lipinski definition) is 1. The van der Waals surface area contributed by atoms with Gasteiger partial charge in [0.05, 0.1) is 6.04 Å². The fraction of sp³-hybridized carbons (Fsp3) is 0.385. The summed E-state index contributed by atoms with van der Waals surface area (Å²) in [6.07, 6.45) is 1.03. The first-order chi connectivity index (χ1) is 8.29. The van der Waals surface area contributed by atoms with Crippen LogP contribution in [0.3, 0.4) is 0 Å². The highest BCUT2D eigenvalue weighted by atomic mass is 16.3. The van der Waals surface area contributed by atoms with Crippen LogP contribution in [0.1, 0.15) is 42.5 Å². The average molecular weight is 229 g/mol. The van der Waals surface area contributed by atoms with E-state index in [1.54, 1.807) is 0 Å². The molecule has 1 aromatic carbocycles. The predicted molar refractivity (Wildman–Crippen MR) is 63.6 cm³/mol. The van der Waals surface area contributed by atoms with E-state index in [1.165, 1.54) is 5.56 Å². The molecule has 4 nitrogen and oxygen atoms in total. The Balaban J connectivity index is 2.03. The molecule has 0 radical (unpaired) electrons. The van der Waals surface area contributed by atoms with E-state index in [4.69, 9.17) is 5.11 Å². The molecule has 0 aliphatic carbocycles. The summed E-state index contributed by atoms with van der Waals surface area (Å²) in [5.74, 6) is 1.91. The molecule has 2 heterocycles. The minimum Gasteiger partial charge on any atom is -0.388 e. The number of hydrogen-bond acceptors (Lipinski definition) is 3. The van der Waals surface area contributed by atoms with Crippen LogP contribution < -0.4 is 0 Å². The number of nitrogens with zero attached hydrogens (tertiary/aromatic N) is 3. The molecule has 0 spiro atoms. The average Bonchev–Trinajstić information content (AvgIpc) is 2.91. The molecule has 3 rings (SSSR count). The van der Waals surface area contributed by atoms with Gasteiger partial charge in [-0.25, -0.2) is 9.67 Å². The number of aliphatic hydroxyl groups is 1. The lowest BCUT2D eigenvalue weighted by Gasteiger charge is -2.11. The summed E-state index contributed by atoms with van der Waals surface area (Å²) in [6.45, 7) is 2.07. The van der Waals surface area contributed by atoms with Gasteiger partial charge < -0.3 is 5.11 Å². The van der Waals surface area contributed by atoms with Gasteiger partial charge in [-0.1, -0.05) is 37.3 Å². The van der Waals surface area contributed by atoms with E-state index in [0.29, 0.717) is 11.7 Å². The minimum absolute atomic E-state index is 0.0891. The zero-order valence-electron chi connectivity index (χ0n) is 9.74. The third-order valence-corrected chi connectivity index (χ3v) is 3.34. The van der Waals surface area contributed by atoms with Crippen molar-refractivity contribution in [2.75, 3.05) is 0 Å². The normalized spacial score (nSPS) is 22.7. The number of aromatic nitrogens is 3. The van der Waals surface area contributed by atoms with E-state index in [2.05, 4.69) is 29.1 Å². The Morgan fingerprint density at radius 1 is 1.35 bits per heavy atom. The maximum absolute atomic E-state index is 9.10. The summed E-state index contributed by atoms with van der Waals surface area (Å²) in [7, 11) is 0. The zero-order chi connectivity index (χ0) is 11.8. The van der Waals surface area contributed by atoms with Gasteiger partial charge in [0.2, 0.25) is 0 Å². The highest BCUT2D eigenvalue weighted by Crippen LogP contribution is 2.37. The maximum Gasteiger partial charge on any atom is 0.176 e. The molecule has 17 heavy (non-hydrogen) atoms. The van der Waals surface area contributed by atoms with Crippen molar-refractivity contribution in [3.63, 3.8) is 0 Å². The van der Waals surface area contributed by atoms with Crippen LogP contribution >= 0.6 is 0 Å². The Labute approximate surface area is 99.9 Å². The van der Waals surface area contributed by atoms with E-state index in [9.17, 15) is 0 Å². The number of benzene rings is 1. The molecule has 2 aromatic rings. The highest BCUT2D eigenvalue weighted by Gasteiger charge is 2.32. The summed E-state index contributed by atoms with van der Waals surface area (Å²) in [5, 5.41) is 13.5. The number of fused-ring (bicyclic) bond motifs is 1. The van der Waals surface area contributed by atoms with Gasteiger partial charge in [-0.05, 0) is 12.0 Å². The second-order valence-electron chi connectivity index (χ2n) is 4.55. The fourth-order valence-electron chi connectivity index (χ4n) is 2.51. The number of rotatable bonds is 2. The lowest BCUT2D eigenvalue weighted by Crippen LogP contribution is -2.07. The van der Waals surface area contributed by atoms with E-state index in [0.717, 1.165) is 12.2 Å². The Kier molecular flexibility index (Phi) is 2.44. The second-order valence-corrected chi connectivity index (χ2v) is 4.55. The first-order valence-corrected chi connectivity index (χ1v) is 5.90. The molecule has 1 aliphatic rings. The SMILES string of the molecule is C[C@H]1C[C@@H](c2ccccc2)n2nc(CO)nc21. The van der Waals surface area contributed by atoms with Crippen LogP contribution in [0.4, 0.5) is 0 Å². The Morgan fingerprint density at radius 3 is 2.82 bits per heavy atom. The first-order valence-electron chi connectivity index (χ1n) is 5.90. The summed E-state index contributed by atoms with van der Waals surface area (Å²) >= 11 is 0. The minimum atomic E-state index is -0.0891. The van der Waals surface area contributed by atoms with Crippen molar-refractivity contribution >= 4 is 0 Å². The molecule has 0 unspecified atom stereocenters. The quantitative estimate of drug-likeness (QED) is 0.855. The van der Waals surface area contributed by atoms with Crippen molar-refractivity contribution in [2.45, 2.75) is 31.9 Å². The Bertz CT molecular complexity index is 521. The van der Waals surface area contributed by atoms with Crippen molar-refractivity contribution < 1.29 is 5.11 Å². The van der Waals surface area contributed by atoms with Crippen LogP contribution in [0, 0.1) is 0 Å². The monoisotopic (exact) mass is 229 g/mol. The van der Waals surface area contributed by atoms with E-state index in [-0.39, 0.29) is 12.6 Å². The van der Waals surface area contributed by atoms with Crippen LogP contribution in [-0.2, 0) is 6.61 Å². The molecular formula is C13H15N3O. The molecule has 4 heteroatoms. The van der Waals surface area contributed by atoms with Crippen molar-refractivity contribution in [2.24, 2.45) is 0 Å². The van der Waals surface area contributed by atoms with E-state index < -0.39 is 0 Å². The molecular weight excluding hydrogens is 214 g/mol.